The molecule has 1 aliphatic heterocycles. The summed E-state index contributed by atoms with van der Waals surface area (Å²) in [6, 6.07) is -0.499. The van der Waals surface area contributed by atoms with Crippen LogP contribution >= 0.6 is 11.3 Å². The minimum atomic E-state index is -0.499. The number of thiazole rings is 1. The highest BCUT2D eigenvalue weighted by molar-refractivity contribution is 7.15. The number of hydrogen-bond acceptors (Lipinski definition) is 5. The Kier molecular flexibility index (Phi) is 4.09. The topological polar surface area (TPSA) is 80.0 Å². The predicted octanol–water partition coefficient (Wildman–Crippen LogP) is 0.896. The lowest BCUT2D eigenvalue weighted by molar-refractivity contribution is -0.117. The molecule has 2 heterocycles. The number of anilines is 1. The van der Waals surface area contributed by atoms with Gasteiger partial charge in [0.15, 0.2) is 5.13 Å². The molecule has 94 valence electrons. The summed E-state index contributed by atoms with van der Waals surface area (Å²) in [6.45, 7) is 3.78. The smallest absolute Gasteiger partial charge is 0.242 e. The third-order valence-corrected chi connectivity index (χ3v) is 3.98. The predicted molar refractivity (Wildman–Crippen MR) is 69.2 cm³/mol. The van der Waals surface area contributed by atoms with Crippen LogP contribution in [0.15, 0.2) is 6.20 Å². The van der Waals surface area contributed by atoms with Crippen molar-refractivity contribution in [3.8, 4) is 0 Å². The molecule has 4 N–H and O–H groups in total. The van der Waals surface area contributed by atoms with E-state index < -0.39 is 6.04 Å². The van der Waals surface area contributed by atoms with Gasteiger partial charge in [0, 0.05) is 11.1 Å². The van der Waals surface area contributed by atoms with Gasteiger partial charge >= 0.3 is 0 Å². The number of carbonyl (C=O) groups is 1. The van der Waals surface area contributed by atoms with Crippen molar-refractivity contribution >= 4 is 22.4 Å². The Morgan fingerprint density at radius 1 is 1.65 bits per heavy atom. The van der Waals surface area contributed by atoms with E-state index in [4.69, 9.17) is 5.73 Å². The zero-order valence-electron chi connectivity index (χ0n) is 9.90. The molecule has 1 aromatic heterocycles. The van der Waals surface area contributed by atoms with Gasteiger partial charge in [-0.1, -0.05) is 0 Å². The normalized spacial score (nSPS) is 18.9. The summed E-state index contributed by atoms with van der Waals surface area (Å²) in [5, 5.41) is 6.72. The molecule has 1 amide bonds. The second kappa shape index (κ2) is 5.57. The third-order valence-electron chi connectivity index (χ3n) is 2.91. The van der Waals surface area contributed by atoms with Crippen molar-refractivity contribution in [2.24, 2.45) is 5.73 Å². The highest BCUT2D eigenvalue weighted by Gasteiger charge is 2.18. The summed E-state index contributed by atoms with van der Waals surface area (Å²) < 4.78 is 0. The van der Waals surface area contributed by atoms with Gasteiger partial charge in [0.25, 0.3) is 0 Å². The maximum absolute atomic E-state index is 11.4. The van der Waals surface area contributed by atoms with Crippen molar-refractivity contribution in [1.29, 1.82) is 0 Å². The molecule has 1 aliphatic rings. The molecule has 0 saturated carbocycles. The zero-order chi connectivity index (χ0) is 12.3. The second-order valence-corrected chi connectivity index (χ2v) is 5.43. The Labute approximate surface area is 105 Å². The minimum Gasteiger partial charge on any atom is -0.320 e. The molecule has 0 radical (unpaired) electrons. The summed E-state index contributed by atoms with van der Waals surface area (Å²) in [4.78, 5) is 16.9. The molecule has 2 rings (SSSR count). The molecule has 5 nitrogen and oxygen atoms in total. The summed E-state index contributed by atoms with van der Waals surface area (Å²) in [7, 11) is 0. The van der Waals surface area contributed by atoms with Crippen LogP contribution < -0.4 is 16.4 Å². The Balaban J connectivity index is 1.97. The molecule has 0 unspecified atom stereocenters. The zero-order valence-corrected chi connectivity index (χ0v) is 10.7. The monoisotopic (exact) mass is 254 g/mol. The van der Waals surface area contributed by atoms with Crippen LogP contribution in [0.1, 0.15) is 30.6 Å². The van der Waals surface area contributed by atoms with Gasteiger partial charge in [-0.15, -0.1) is 11.3 Å². The Bertz CT molecular complexity index is 385. The van der Waals surface area contributed by atoms with Gasteiger partial charge in [-0.2, -0.15) is 0 Å². The fraction of sp³-hybridized carbons (Fsp3) is 0.636. The maximum Gasteiger partial charge on any atom is 0.242 e. The molecule has 17 heavy (non-hydrogen) atoms. The Morgan fingerprint density at radius 3 is 3.00 bits per heavy atom. The lowest BCUT2D eigenvalue weighted by atomic mass is 9.97. The van der Waals surface area contributed by atoms with Crippen LogP contribution in [0.5, 0.6) is 0 Å². The van der Waals surface area contributed by atoms with E-state index in [0.717, 1.165) is 25.9 Å². The highest BCUT2D eigenvalue weighted by Crippen LogP contribution is 2.31. The summed E-state index contributed by atoms with van der Waals surface area (Å²) >= 11 is 1.56. The molecular weight excluding hydrogens is 236 g/mol. The van der Waals surface area contributed by atoms with Crippen LogP contribution in [-0.4, -0.2) is 30.0 Å². The molecule has 1 aromatic rings. The SMILES string of the molecule is C[C@@H](N)C(=O)Nc1ncc(C2CCNCC2)s1. The van der Waals surface area contributed by atoms with E-state index in [1.54, 1.807) is 18.3 Å². The van der Waals surface area contributed by atoms with Crippen LogP contribution in [0.3, 0.4) is 0 Å². The van der Waals surface area contributed by atoms with Crippen LogP contribution in [0.4, 0.5) is 5.13 Å². The number of nitrogens with two attached hydrogens (primary N) is 1. The highest BCUT2D eigenvalue weighted by atomic mass is 32.1. The van der Waals surface area contributed by atoms with E-state index in [9.17, 15) is 4.79 Å². The molecule has 0 spiro atoms. The fourth-order valence-corrected chi connectivity index (χ4v) is 2.85. The van der Waals surface area contributed by atoms with Crippen molar-refractivity contribution in [2.45, 2.75) is 31.7 Å². The van der Waals surface area contributed by atoms with Crippen molar-refractivity contribution in [2.75, 3.05) is 18.4 Å². The van der Waals surface area contributed by atoms with E-state index in [2.05, 4.69) is 15.6 Å². The average molecular weight is 254 g/mol. The van der Waals surface area contributed by atoms with E-state index in [-0.39, 0.29) is 5.91 Å². The number of nitrogens with one attached hydrogen (secondary N) is 2. The number of aromatic nitrogens is 1. The Hall–Kier alpha value is -0.980. The van der Waals surface area contributed by atoms with Gasteiger partial charge in [0.2, 0.25) is 5.91 Å². The number of hydrogen-bond donors (Lipinski definition) is 3. The van der Waals surface area contributed by atoms with Crippen LogP contribution in [0, 0.1) is 0 Å². The molecule has 0 aromatic carbocycles. The Morgan fingerprint density at radius 2 is 2.35 bits per heavy atom. The van der Waals surface area contributed by atoms with Crippen molar-refractivity contribution in [3.63, 3.8) is 0 Å². The van der Waals surface area contributed by atoms with E-state index in [0.29, 0.717) is 11.0 Å². The van der Waals surface area contributed by atoms with Crippen molar-refractivity contribution in [3.05, 3.63) is 11.1 Å². The molecule has 0 bridgehead atoms. The lowest BCUT2D eigenvalue weighted by Gasteiger charge is -2.20. The number of rotatable bonds is 3. The molecule has 0 aliphatic carbocycles. The summed E-state index contributed by atoms with van der Waals surface area (Å²) in [5.74, 6) is 0.394. The quantitative estimate of drug-likeness (QED) is 0.748. The maximum atomic E-state index is 11.4. The number of carbonyl (C=O) groups excluding carboxylic acids is 1. The lowest BCUT2D eigenvalue weighted by Crippen LogP contribution is -2.32. The molecule has 6 heteroatoms. The van der Waals surface area contributed by atoms with E-state index >= 15 is 0 Å². The van der Waals surface area contributed by atoms with E-state index in [1.807, 2.05) is 6.20 Å². The van der Waals surface area contributed by atoms with Gasteiger partial charge in [-0.3, -0.25) is 4.79 Å². The minimum absolute atomic E-state index is 0.184. The van der Waals surface area contributed by atoms with Gasteiger partial charge in [-0.05, 0) is 38.8 Å². The fourth-order valence-electron chi connectivity index (χ4n) is 1.86. The van der Waals surface area contributed by atoms with E-state index in [1.165, 1.54) is 4.88 Å². The molecule has 1 atom stereocenters. The number of nitrogens with zero attached hydrogens (tertiary/aromatic N) is 1. The third kappa shape index (κ3) is 3.24. The van der Waals surface area contributed by atoms with Crippen LogP contribution in [0.2, 0.25) is 0 Å². The standard InChI is InChI=1S/C11H18N4OS/c1-7(12)10(16)15-11-14-6-9(17-11)8-2-4-13-5-3-8/h6-8,13H,2-5,12H2,1H3,(H,14,15,16)/t7-/m1/s1. The first-order valence-electron chi connectivity index (χ1n) is 5.89. The van der Waals surface area contributed by atoms with Gasteiger partial charge in [0.05, 0.1) is 6.04 Å². The summed E-state index contributed by atoms with van der Waals surface area (Å²) in [6.07, 6.45) is 4.16. The van der Waals surface area contributed by atoms with Crippen LogP contribution in [-0.2, 0) is 4.79 Å². The first kappa shape index (κ1) is 12.5. The van der Waals surface area contributed by atoms with Crippen molar-refractivity contribution < 1.29 is 4.79 Å². The average Bonchev–Trinajstić information content (AvgIpc) is 2.78. The summed E-state index contributed by atoms with van der Waals surface area (Å²) in [5.41, 5.74) is 5.49. The molecule has 1 saturated heterocycles. The van der Waals surface area contributed by atoms with Crippen molar-refractivity contribution in [1.82, 2.24) is 10.3 Å². The molecule has 1 fully saturated rings. The first-order valence-corrected chi connectivity index (χ1v) is 6.71. The largest absolute Gasteiger partial charge is 0.320 e. The van der Waals surface area contributed by atoms with Gasteiger partial charge < -0.3 is 16.4 Å². The number of amides is 1. The number of piperidine rings is 1. The van der Waals surface area contributed by atoms with Gasteiger partial charge in [-0.25, -0.2) is 4.98 Å². The first-order chi connectivity index (χ1) is 8.16. The van der Waals surface area contributed by atoms with Crippen LogP contribution in [0.25, 0.3) is 0 Å². The molecular formula is C11H18N4OS. The second-order valence-electron chi connectivity index (χ2n) is 4.37. The van der Waals surface area contributed by atoms with Gasteiger partial charge in [0.1, 0.15) is 0 Å².